The molecule has 1 amide bonds. The molecule has 1 aliphatic heterocycles. The van der Waals surface area contributed by atoms with Crippen molar-refractivity contribution in [1.82, 2.24) is 10.2 Å². The predicted molar refractivity (Wildman–Crippen MR) is 89.0 cm³/mol. The highest BCUT2D eigenvalue weighted by Gasteiger charge is 2.28. The van der Waals surface area contributed by atoms with Crippen molar-refractivity contribution in [2.24, 2.45) is 0 Å². The Morgan fingerprint density at radius 1 is 1.32 bits per heavy atom. The number of likely N-dealkylation sites (N-methyl/N-ethyl adjacent to an activating group) is 1. The van der Waals surface area contributed by atoms with Crippen molar-refractivity contribution >= 4 is 18.3 Å². The SMILES string of the molecule is CNCC1CCCN1C(=O)c1ccc(OCCOC)cc1.Cl. The van der Waals surface area contributed by atoms with Crippen LogP contribution in [0.5, 0.6) is 5.75 Å². The van der Waals surface area contributed by atoms with Crippen LogP contribution in [0.2, 0.25) is 0 Å². The second-order valence-electron chi connectivity index (χ2n) is 5.22. The normalized spacial score (nSPS) is 17.2. The lowest BCUT2D eigenvalue weighted by molar-refractivity contribution is 0.0737. The number of amides is 1. The van der Waals surface area contributed by atoms with Crippen molar-refractivity contribution in [3.63, 3.8) is 0 Å². The highest BCUT2D eigenvalue weighted by molar-refractivity contribution is 5.94. The van der Waals surface area contributed by atoms with E-state index in [0.29, 0.717) is 19.3 Å². The van der Waals surface area contributed by atoms with Gasteiger partial charge in [-0.15, -0.1) is 12.4 Å². The van der Waals surface area contributed by atoms with Crippen molar-refractivity contribution < 1.29 is 14.3 Å². The number of rotatable bonds is 7. The Balaban J connectivity index is 0.00000242. The van der Waals surface area contributed by atoms with E-state index in [-0.39, 0.29) is 18.3 Å². The molecule has 22 heavy (non-hydrogen) atoms. The second-order valence-corrected chi connectivity index (χ2v) is 5.22. The lowest BCUT2D eigenvalue weighted by Gasteiger charge is -2.24. The van der Waals surface area contributed by atoms with E-state index in [2.05, 4.69) is 5.32 Å². The molecule has 2 rings (SSSR count). The van der Waals surface area contributed by atoms with E-state index in [1.54, 1.807) is 7.11 Å². The van der Waals surface area contributed by atoms with Gasteiger partial charge in [-0.1, -0.05) is 0 Å². The van der Waals surface area contributed by atoms with Crippen LogP contribution in [0.1, 0.15) is 23.2 Å². The van der Waals surface area contributed by atoms with Crippen molar-refractivity contribution in [2.75, 3.05) is 40.5 Å². The van der Waals surface area contributed by atoms with Crippen molar-refractivity contribution in [3.05, 3.63) is 29.8 Å². The van der Waals surface area contributed by atoms with Gasteiger partial charge >= 0.3 is 0 Å². The standard InChI is InChI=1S/C16H24N2O3.ClH/c1-17-12-14-4-3-9-18(14)16(19)13-5-7-15(8-6-13)21-11-10-20-2;/h5-8,14,17H,3-4,9-12H2,1-2H3;1H. The van der Waals surface area contributed by atoms with Crippen LogP contribution in [0.25, 0.3) is 0 Å². The number of hydrogen-bond acceptors (Lipinski definition) is 4. The van der Waals surface area contributed by atoms with Gasteiger partial charge in [0, 0.05) is 31.8 Å². The predicted octanol–water partition coefficient (Wildman–Crippen LogP) is 1.96. The zero-order valence-electron chi connectivity index (χ0n) is 13.2. The minimum Gasteiger partial charge on any atom is -0.491 e. The van der Waals surface area contributed by atoms with Crippen LogP contribution < -0.4 is 10.1 Å². The zero-order valence-corrected chi connectivity index (χ0v) is 14.0. The number of ether oxygens (including phenoxy) is 2. The molecule has 124 valence electrons. The maximum Gasteiger partial charge on any atom is 0.254 e. The molecular formula is C16H25ClN2O3. The summed E-state index contributed by atoms with van der Waals surface area (Å²) < 4.78 is 10.4. The van der Waals surface area contributed by atoms with Crippen LogP contribution in [-0.2, 0) is 4.74 Å². The first-order chi connectivity index (χ1) is 10.3. The number of hydrogen-bond donors (Lipinski definition) is 1. The molecule has 0 bridgehead atoms. The molecule has 0 spiro atoms. The van der Waals surface area contributed by atoms with Crippen LogP contribution in [0.4, 0.5) is 0 Å². The number of nitrogens with zero attached hydrogens (tertiary/aromatic N) is 1. The van der Waals surface area contributed by atoms with E-state index >= 15 is 0 Å². The van der Waals surface area contributed by atoms with E-state index in [1.165, 1.54) is 0 Å². The van der Waals surface area contributed by atoms with Gasteiger partial charge in [-0.2, -0.15) is 0 Å². The van der Waals surface area contributed by atoms with E-state index in [4.69, 9.17) is 9.47 Å². The third kappa shape index (κ3) is 4.87. The molecule has 0 saturated carbocycles. The molecule has 1 N–H and O–H groups in total. The van der Waals surface area contributed by atoms with E-state index in [9.17, 15) is 4.79 Å². The number of likely N-dealkylation sites (tertiary alicyclic amines) is 1. The number of methoxy groups -OCH3 is 1. The topological polar surface area (TPSA) is 50.8 Å². The highest BCUT2D eigenvalue weighted by Crippen LogP contribution is 2.21. The molecule has 1 aliphatic rings. The minimum absolute atomic E-state index is 0. The van der Waals surface area contributed by atoms with Gasteiger partial charge in [0.05, 0.1) is 6.61 Å². The number of nitrogens with one attached hydrogen (secondary N) is 1. The van der Waals surface area contributed by atoms with Gasteiger partial charge in [0.1, 0.15) is 12.4 Å². The fourth-order valence-electron chi connectivity index (χ4n) is 2.65. The molecule has 1 saturated heterocycles. The van der Waals surface area contributed by atoms with Gasteiger partial charge in [0.2, 0.25) is 0 Å². The minimum atomic E-state index is 0. The molecule has 1 aromatic rings. The molecule has 0 aromatic heterocycles. The zero-order chi connectivity index (χ0) is 15.1. The number of carbonyl (C=O) groups excluding carboxylic acids is 1. The molecule has 1 unspecified atom stereocenters. The summed E-state index contributed by atoms with van der Waals surface area (Å²) in [5.41, 5.74) is 0.720. The Morgan fingerprint density at radius 2 is 2.05 bits per heavy atom. The summed E-state index contributed by atoms with van der Waals surface area (Å²) in [5, 5.41) is 3.16. The van der Waals surface area contributed by atoms with Crippen molar-refractivity contribution in [2.45, 2.75) is 18.9 Å². The van der Waals surface area contributed by atoms with E-state index in [1.807, 2.05) is 36.2 Å². The highest BCUT2D eigenvalue weighted by atomic mass is 35.5. The maximum absolute atomic E-state index is 12.5. The Hall–Kier alpha value is -1.30. The molecule has 6 heteroatoms. The van der Waals surface area contributed by atoms with Gasteiger partial charge < -0.3 is 19.7 Å². The van der Waals surface area contributed by atoms with E-state index < -0.39 is 0 Å². The van der Waals surface area contributed by atoms with Crippen molar-refractivity contribution in [3.8, 4) is 5.75 Å². The molecular weight excluding hydrogens is 304 g/mol. The average Bonchev–Trinajstić information content (AvgIpc) is 2.96. The summed E-state index contributed by atoms with van der Waals surface area (Å²) in [6.07, 6.45) is 2.15. The molecule has 1 heterocycles. The molecule has 5 nitrogen and oxygen atoms in total. The van der Waals surface area contributed by atoms with Crippen LogP contribution in [0, 0.1) is 0 Å². The molecule has 0 aliphatic carbocycles. The lowest BCUT2D eigenvalue weighted by atomic mass is 10.1. The van der Waals surface area contributed by atoms with Crippen LogP contribution in [0.3, 0.4) is 0 Å². The Bertz CT molecular complexity index is 453. The molecule has 1 aromatic carbocycles. The molecule has 0 radical (unpaired) electrons. The number of halogens is 1. The van der Waals surface area contributed by atoms with Crippen molar-refractivity contribution in [1.29, 1.82) is 0 Å². The van der Waals surface area contributed by atoms with Gasteiger partial charge in [-0.3, -0.25) is 4.79 Å². The Kier molecular flexibility index (Phi) is 8.24. The number of carbonyl (C=O) groups is 1. The lowest BCUT2D eigenvalue weighted by Crippen LogP contribution is -2.40. The summed E-state index contributed by atoms with van der Waals surface area (Å²) in [4.78, 5) is 14.5. The average molecular weight is 329 g/mol. The summed E-state index contributed by atoms with van der Waals surface area (Å²) >= 11 is 0. The van der Waals surface area contributed by atoms with Gasteiger partial charge in [0.25, 0.3) is 5.91 Å². The monoisotopic (exact) mass is 328 g/mol. The Morgan fingerprint density at radius 3 is 2.68 bits per heavy atom. The Labute approximate surface area is 138 Å². The number of benzene rings is 1. The third-order valence-electron chi connectivity index (χ3n) is 3.74. The maximum atomic E-state index is 12.5. The van der Waals surface area contributed by atoms with Crippen LogP contribution in [-0.4, -0.2) is 57.3 Å². The van der Waals surface area contributed by atoms with Gasteiger partial charge in [-0.05, 0) is 44.2 Å². The van der Waals surface area contributed by atoms with E-state index in [0.717, 1.165) is 37.2 Å². The van der Waals surface area contributed by atoms with Crippen LogP contribution in [0.15, 0.2) is 24.3 Å². The first-order valence-corrected chi connectivity index (χ1v) is 7.43. The van der Waals surface area contributed by atoms with Gasteiger partial charge in [-0.25, -0.2) is 0 Å². The fraction of sp³-hybridized carbons (Fsp3) is 0.562. The molecule has 1 atom stereocenters. The quantitative estimate of drug-likeness (QED) is 0.777. The fourth-order valence-corrected chi connectivity index (χ4v) is 2.65. The molecule has 1 fully saturated rings. The summed E-state index contributed by atoms with van der Waals surface area (Å²) in [7, 11) is 3.57. The second kappa shape index (κ2) is 9.66. The third-order valence-corrected chi connectivity index (χ3v) is 3.74. The summed E-state index contributed by atoms with van der Waals surface area (Å²) in [6, 6.07) is 7.65. The summed E-state index contributed by atoms with van der Waals surface area (Å²) in [5.74, 6) is 0.869. The summed E-state index contributed by atoms with van der Waals surface area (Å²) in [6.45, 7) is 2.77. The smallest absolute Gasteiger partial charge is 0.254 e. The first-order valence-electron chi connectivity index (χ1n) is 7.43. The van der Waals surface area contributed by atoms with Gasteiger partial charge in [0.15, 0.2) is 0 Å². The van der Waals surface area contributed by atoms with Crippen LogP contribution >= 0.6 is 12.4 Å². The first kappa shape index (κ1) is 18.7. The largest absolute Gasteiger partial charge is 0.491 e.